The van der Waals surface area contributed by atoms with Crippen molar-refractivity contribution in [3.8, 4) is 5.69 Å². The van der Waals surface area contributed by atoms with Crippen LogP contribution in [0.4, 0.5) is 0 Å². The zero-order chi connectivity index (χ0) is 18.7. The predicted octanol–water partition coefficient (Wildman–Crippen LogP) is 4.03. The van der Waals surface area contributed by atoms with Crippen LogP contribution < -0.4 is 10.9 Å². The Morgan fingerprint density at radius 1 is 1.08 bits per heavy atom. The van der Waals surface area contributed by atoms with Gasteiger partial charge < -0.3 is 5.32 Å². The first-order valence-electron chi connectivity index (χ1n) is 7.87. The zero-order valence-electron chi connectivity index (χ0n) is 13.8. The molecule has 1 amide bonds. The van der Waals surface area contributed by atoms with Crippen molar-refractivity contribution in [3.63, 3.8) is 0 Å². The van der Waals surface area contributed by atoms with Crippen molar-refractivity contribution in [2.24, 2.45) is 0 Å². The fourth-order valence-corrected chi connectivity index (χ4v) is 2.71. The molecule has 0 radical (unpaired) electrons. The average molecular weight is 388 g/mol. The SMILES string of the molecule is CC(NC(=O)c1ccc(-n2ncc(Cl)c(Cl)c2=O)cc1)c1ccccc1. The van der Waals surface area contributed by atoms with Gasteiger partial charge in [0.15, 0.2) is 0 Å². The van der Waals surface area contributed by atoms with Gasteiger partial charge in [0.1, 0.15) is 5.02 Å². The molecule has 1 atom stereocenters. The van der Waals surface area contributed by atoms with Gasteiger partial charge >= 0.3 is 0 Å². The van der Waals surface area contributed by atoms with Gasteiger partial charge in [-0.2, -0.15) is 9.78 Å². The smallest absolute Gasteiger partial charge is 0.291 e. The summed E-state index contributed by atoms with van der Waals surface area (Å²) in [5, 5.41) is 6.90. The molecule has 3 rings (SSSR count). The first-order valence-corrected chi connectivity index (χ1v) is 8.62. The van der Waals surface area contributed by atoms with Gasteiger partial charge in [-0.1, -0.05) is 53.5 Å². The highest BCUT2D eigenvalue weighted by Crippen LogP contribution is 2.17. The Labute approximate surface area is 160 Å². The van der Waals surface area contributed by atoms with Crippen LogP contribution in [0.1, 0.15) is 28.9 Å². The van der Waals surface area contributed by atoms with Gasteiger partial charge in [0.05, 0.1) is 22.9 Å². The number of hydrogen-bond acceptors (Lipinski definition) is 3. The molecule has 26 heavy (non-hydrogen) atoms. The van der Waals surface area contributed by atoms with E-state index < -0.39 is 5.56 Å². The molecule has 2 aromatic carbocycles. The van der Waals surface area contributed by atoms with Crippen LogP contribution in [0.3, 0.4) is 0 Å². The van der Waals surface area contributed by atoms with E-state index in [0.29, 0.717) is 11.3 Å². The van der Waals surface area contributed by atoms with Crippen molar-refractivity contribution in [2.45, 2.75) is 13.0 Å². The number of nitrogens with zero attached hydrogens (tertiary/aromatic N) is 2. The fraction of sp³-hybridized carbons (Fsp3) is 0.105. The summed E-state index contributed by atoms with van der Waals surface area (Å²) in [6, 6.07) is 16.1. The second-order valence-electron chi connectivity index (χ2n) is 5.68. The summed E-state index contributed by atoms with van der Waals surface area (Å²) in [5.74, 6) is -0.206. The minimum atomic E-state index is -0.519. The molecule has 3 aromatic rings. The van der Waals surface area contributed by atoms with E-state index in [1.807, 2.05) is 37.3 Å². The Bertz CT molecular complexity index is 986. The normalized spacial score (nSPS) is 11.8. The molecular formula is C19H15Cl2N3O2. The molecule has 0 spiro atoms. The zero-order valence-corrected chi connectivity index (χ0v) is 15.3. The fourth-order valence-electron chi connectivity index (χ4n) is 2.46. The van der Waals surface area contributed by atoms with E-state index in [1.165, 1.54) is 6.20 Å². The molecule has 0 saturated heterocycles. The predicted molar refractivity (Wildman–Crippen MR) is 102 cm³/mol. The largest absolute Gasteiger partial charge is 0.346 e. The van der Waals surface area contributed by atoms with Crippen LogP contribution in [0.5, 0.6) is 0 Å². The van der Waals surface area contributed by atoms with Gasteiger partial charge in [-0.3, -0.25) is 9.59 Å². The van der Waals surface area contributed by atoms with Crippen LogP contribution in [0.2, 0.25) is 10.0 Å². The third-order valence-corrected chi connectivity index (χ3v) is 4.65. The number of amides is 1. The van der Waals surface area contributed by atoms with Crippen LogP contribution in [-0.2, 0) is 0 Å². The Morgan fingerprint density at radius 3 is 2.38 bits per heavy atom. The molecule has 132 valence electrons. The Morgan fingerprint density at radius 2 is 1.73 bits per heavy atom. The number of hydrogen-bond donors (Lipinski definition) is 1. The number of benzene rings is 2. The van der Waals surface area contributed by atoms with Crippen molar-refractivity contribution in [3.05, 3.63) is 92.3 Å². The Kier molecular flexibility index (Phi) is 5.40. The summed E-state index contributed by atoms with van der Waals surface area (Å²) in [5.41, 5.74) is 1.46. The summed E-state index contributed by atoms with van der Waals surface area (Å²) in [4.78, 5) is 24.5. The molecule has 0 saturated carbocycles. The maximum atomic E-state index is 12.4. The maximum absolute atomic E-state index is 12.4. The number of nitrogens with one attached hydrogen (secondary N) is 1. The van der Waals surface area contributed by atoms with Gasteiger partial charge in [0.2, 0.25) is 0 Å². The van der Waals surface area contributed by atoms with Gasteiger partial charge in [-0.15, -0.1) is 0 Å². The number of rotatable bonds is 4. The van der Waals surface area contributed by atoms with Crippen LogP contribution in [-0.4, -0.2) is 15.7 Å². The minimum absolute atomic E-state index is 0.0961. The maximum Gasteiger partial charge on any atom is 0.291 e. The Hall–Kier alpha value is -2.63. The molecule has 0 aliphatic rings. The molecule has 1 aromatic heterocycles. The molecule has 0 fully saturated rings. The number of aromatic nitrogens is 2. The topological polar surface area (TPSA) is 64.0 Å². The van der Waals surface area contributed by atoms with E-state index in [9.17, 15) is 9.59 Å². The van der Waals surface area contributed by atoms with Gasteiger partial charge in [-0.05, 0) is 36.8 Å². The van der Waals surface area contributed by atoms with E-state index in [0.717, 1.165) is 10.2 Å². The van der Waals surface area contributed by atoms with E-state index in [2.05, 4.69) is 10.4 Å². The summed E-state index contributed by atoms with van der Waals surface area (Å²) >= 11 is 11.6. The highest BCUT2D eigenvalue weighted by molar-refractivity contribution is 6.41. The van der Waals surface area contributed by atoms with E-state index in [4.69, 9.17) is 23.2 Å². The first-order chi connectivity index (χ1) is 12.5. The molecule has 7 heteroatoms. The number of carbonyl (C=O) groups excluding carboxylic acids is 1. The molecule has 0 bridgehead atoms. The van der Waals surface area contributed by atoms with Gasteiger partial charge in [0.25, 0.3) is 11.5 Å². The van der Waals surface area contributed by atoms with Crippen molar-refractivity contribution in [2.75, 3.05) is 0 Å². The number of carbonyl (C=O) groups is 1. The van der Waals surface area contributed by atoms with Crippen molar-refractivity contribution in [1.82, 2.24) is 15.1 Å². The van der Waals surface area contributed by atoms with E-state index in [1.54, 1.807) is 24.3 Å². The third kappa shape index (κ3) is 3.79. The molecule has 1 unspecified atom stereocenters. The molecular weight excluding hydrogens is 373 g/mol. The standard InChI is InChI=1S/C19H15Cl2N3O2/c1-12(13-5-3-2-4-6-13)23-18(25)14-7-9-15(10-8-14)24-19(26)17(21)16(20)11-22-24/h2-12H,1H3,(H,23,25). The summed E-state index contributed by atoms with van der Waals surface area (Å²) in [6.45, 7) is 1.92. The lowest BCUT2D eigenvalue weighted by atomic mass is 10.1. The van der Waals surface area contributed by atoms with E-state index >= 15 is 0 Å². The van der Waals surface area contributed by atoms with E-state index in [-0.39, 0.29) is 22.0 Å². The lowest BCUT2D eigenvalue weighted by molar-refractivity contribution is 0.0940. The quantitative estimate of drug-likeness (QED) is 0.734. The van der Waals surface area contributed by atoms with Gasteiger partial charge in [0, 0.05) is 5.56 Å². The Balaban J connectivity index is 1.78. The summed E-state index contributed by atoms with van der Waals surface area (Å²) < 4.78 is 1.13. The molecule has 0 aliphatic carbocycles. The summed E-state index contributed by atoms with van der Waals surface area (Å²) in [6.07, 6.45) is 1.30. The van der Waals surface area contributed by atoms with Crippen LogP contribution in [0.15, 0.2) is 65.6 Å². The lowest BCUT2D eigenvalue weighted by Crippen LogP contribution is -2.26. The van der Waals surface area contributed by atoms with Crippen LogP contribution in [0, 0.1) is 0 Å². The lowest BCUT2D eigenvalue weighted by Gasteiger charge is -2.14. The molecule has 5 nitrogen and oxygen atoms in total. The minimum Gasteiger partial charge on any atom is -0.346 e. The van der Waals surface area contributed by atoms with Crippen molar-refractivity contribution in [1.29, 1.82) is 0 Å². The van der Waals surface area contributed by atoms with Crippen LogP contribution >= 0.6 is 23.2 Å². The second kappa shape index (κ2) is 7.72. The molecule has 1 heterocycles. The summed E-state index contributed by atoms with van der Waals surface area (Å²) in [7, 11) is 0. The second-order valence-corrected chi connectivity index (χ2v) is 6.46. The highest BCUT2D eigenvalue weighted by atomic mass is 35.5. The first kappa shape index (κ1) is 18.2. The van der Waals surface area contributed by atoms with Gasteiger partial charge in [-0.25, -0.2) is 0 Å². The van der Waals surface area contributed by atoms with Crippen LogP contribution in [0.25, 0.3) is 5.69 Å². The highest BCUT2D eigenvalue weighted by Gasteiger charge is 2.13. The number of halogens is 2. The molecule has 1 N–H and O–H groups in total. The monoisotopic (exact) mass is 387 g/mol. The third-order valence-electron chi connectivity index (χ3n) is 3.90. The van der Waals surface area contributed by atoms with Crippen molar-refractivity contribution >= 4 is 29.1 Å². The molecule has 0 aliphatic heterocycles. The van der Waals surface area contributed by atoms with Crippen molar-refractivity contribution < 1.29 is 4.79 Å². The average Bonchev–Trinajstić information content (AvgIpc) is 2.67.